The molecule has 0 saturated heterocycles. The summed E-state index contributed by atoms with van der Waals surface area (Å²) in [4.78, 5) is 12.3. The summed E-state index contributed by atoms with van der Waals surface area (Å²) < 4.78 is 16.2. The van der Waals surface area contributed by atoms with Crippen molar-refractivity contribution in [3.63, 3.8) is 0 Å². The molecule has 0 aliphatic carbocycles. The molecule has 0 spiro atoms. The van der Waals surface area contributed by atoms with E-state index in [0.717, 1.165) is 16.9 Å². The van der Waals surface area contributed by atoms with Crippen molar-refractivity contribution < 1.29 is 19.0 Å². The fourth-order valence-corrected chi connectivity index (χ4v) is 2.27. The number of carbonyl (C=O) groups excluding carboxylic acids is 1. The number of amides is 1. The van der Waals surface area contributed by atoms with Gasteiger partial charge in [0.2, 0.25) is 6.79 Å². The first-order valence-electron chi connectivity index (χ1n) is 7.66. The number of rotatable bonds is 6. The van der Waals surface area contributed by atoms with Crippen molar-refractivity contribution in [2.24, 2.45) is 0 Å². The van der Waals surface area contributed by atoms with E-state index in [1.165, 1.54) is 0 Å². The Kier molecular flexibility index (Phi) is 4.70. The maximum Gasteiger partial charge on any atom is 0.251 e. The zero-order valence-electron chi connectivity index (χ0n) is 13.5. The van der Waals surface area contributed by atoms with Crippen LogP contribution in [0.1, 0.15) is 22.8 Å². The van der Waals surface area contributed by atoms with E-state index in [-0.39, 0.29) is 12.7 Å². The number of hydrogen-bond donors (Lipinski definition) is 1. The molecule has 2 aromatic rings. The fourth-order valence-electron chi connectivity index (χ4n) is 2.27. The Morgan fingerprint density at radius 1 is 1.21 bits per heavy atom. The van der Waals surface area contributed by atoms with Crippen molar-refractivity contribution >= 4 is 5.91 Å². The Morgan fingerprint density at radius 3 is 2.88 bits per heavy atom. The van der Waals surface area contributed by atoms with E-state index in [0.29, 0.717) is 30.2 Å². The molecule has 0 bridgehead atoms. The largest absolute Gasteiger partial charge is 0.489 e. The van der Waals surface area contributed by atoms with Gasteiger partial charge in [-0.15, -0.1) is 0 Å². The van der Waals surface area contributed by atoms with E-state index in [1.54, 1.807) is 18.2 Å². The van der Waals surface area contributed by atoms with Gasteiger partial charge in [0.25, 0.3) is 5.91 Å². The number of benzene rings is 2. The van der Waals surface area contributed by atoms with E-state index in [1.807, 2.05) is 31.2 Å². The van der Waals surface area contributed by atoms with Gasteiger partial charge in [-0.1, -0.05) is 18.7 Å². The lowest BCUT2D eigenvalue weighted by atomic mass is 10.1. The monoisotopic (exact) mass is 325 g/mol. The lowest BCUT2D eigenvalue weighted by Gasteiger charge is -2.09. The zero-order chi connectivity index (χ0) is 16.9. The molecule has 5 heteroatoms. The van der Waals surface area contributed by atoms with Gasteiger partial charge in [0.1, 0.15) is 12.4 Å². The molecule has 24 heavy (non-hydrogen) atoms. The standard InChI is InChI=1S/C19H19NO4/c1-13(2)11-22-16-5-3-4-15(9-16)19(21)20-10-14-6-7-17-18(8-14)24-12-23-17/h3-9H,1,10-12H2,2H3,(H,20,21). The second kappa shape index (κ2) is 7.08. The van der Waals surface area contributed by atoms with Crippen molar-refractivity contribution in [2.75, 3.05) is 13.4 Å². The minimum absolute atomic E-state index is 0.159. The van der Waals surface area contributed by atoms with Gasteiger partial charge in [0.05, 0.1) is 0 Å². The summed E-state index contributed by atoms with van der Waals surface area (Å²) in [6.45, 7) is 6.76. The predicted molar refractivity (Wildman–Crippen MR) is 90.5 cm³/mol. The lowest BCUT2D eigenvalue weighted by Crippen LogP contribution is -2.22. The summed E-state index contributed by atoms with van der Waals surface area (Å²) >= 11 is 0. The van der Waals surface area contributed by atoms with Crippen molar-refractivity contribution in [1.82, 2.24) is 5.32 Å². The molecule has 0 saturated carbocycles. The molecule has 1 N–H and O–H groups in total. The second-order valence-electron chi connectivity index (χ2n) is 5.64. The number of ether oxygens (including phenoxy) is 3. The molecular weight excluding hydrogens is 306 g/mol. The van der Waals surface area contributed by atoms with Gasteiger partial charge in [0.15, 0.2) is 11.5 Å². The van der Waals surface area contributed by atoms with Crippen LogP contribution in [0, 0.1) is 0 Å². The fraction of sp³-hybridized carbons (Fsp3) is 0.211. The summed E-state index contributed by atoms with van der Waals surface area (Å²) in [7, 11) is 0. The Bertz CT molecular complexity index is 770. The summed E-state index contributed by atoms with van der Waals surface area (Å²) in [6, 6.07) is 12.7. The summed E-state index contributed by atoms with van der Waals surface area (Å²) in [5, 5.41) is 2.89. The van der Waals surface area contributed by atoms with E-state index < -0.39 is 0 Å². The van der Waals surface area contributed by atoms with Crippen molar-refractivity contribution in [3.05, 3.63) is 65.7 Å². The maximum absolute atomic E-state index is 12.3. The highest BCUT2D eigenvalue weighted by molar-refractivity contribution is 5.94. The molecule has 1 aliphatic heterocycles. The van der Waals surface area contributed by atoms with Crippen LogP contribution < -0.4 is 19.5 Å². The average Bonchev–Trinajstić information content (AvgIpc) is 3.06. The van der Waals surface area contributed by atoms with Crippen molar-refractivity contribution in [1.29, 1.82) is 0 Å². The molecule has 0 atom stereocenters. The number of hydrogen-bond acceptors (Lipinski definition) is 4. The molecule has 1 heterocycles. The van der Waals surface area contributed by atoms with E-state index >= 15 is 0 Å². The van der Waals surface area contributed by atoms with Crippen molar-refractivity contribution in [2.45, 2.75) is 13.5 Å². The third-order valence-corrected chi connectivity index (χ3v) is 3.47. The Balaban J connectivity index is 1.60. The highest BCUT2D eigenvalue weighted by Gasteiger charge is 2.13. The SMILES string of the molecule is C=C(C)COc1cccc(C(=O)NCc2ccc3c(c2)OCO3)c1. The normalized spacial score (nSPS) is 11.9. The summed E-state index contributed by atoms with van der Waals surface area (Å²) in [5.41, 5.74) is 2.42. The molecule has 5 nitrogen and oxygen atoms in total. The first-order chi connectivity index (χ1) is 11.6. The molecule has 2 aromatic carbocycles. The van der Waals surface area contributed by atoms with Crippen LogP contribution in [0.3, 0.4) is 0 Å². The van der Waals surface area contributed by atoms with Gasteiger partial charge in [-0.3, -0.25) is 4.79 Å². The molecule has 0 unspecified atom stereocenters. The highest BCUT2D eigenvalue weighted by Crippen LogP contribution is 2.32. The lowest BCUT2D eigenvalue weighted by molar-refractivity contribution is 0.0950. The third-order valence-electron chi connectivity index (χ3n) is 3.47. The van der Waals surface area contributed by atoms with Gasteiger partial charge in [0, 0.05) is 12.1 Å². The molecule has 0 radical (unpaired) electrons. The smallest absolute Gasteiger partial charge is 0.251 e. The van der Waals surface area contributed by atoms with Gasteiger partial charge < -0.3 is 19.5 Å². The van der Waals surface area contributed by atoms with Crippen LogP contribution in [0.25, 0.3) is 0 Å². The third kappa shape index (κ3) is 3.87. The summed E-state index contributed by atoms with van der Waals surface area (Å²) in [5.74, 6) is 1.92. The van der Waals surface area contributed by atoms with Crippen LogP contribution in [0.5, 0.6) is 17.2 Å². The second-order valence-corrected chi connectivity index (χ2v) is 5.64. The van der Waals surface area contributed by atoms with Crippen LogP contribution in [0.4, 0.5) is 0 Å². The number of fused-ring (bicyclic) bond motifs is 1. The minimum atomic E-state index is -0.159. The molecule has 0 aromatic heterocycles. The van der Waals surface area contributed by atoms with E-state index in [9.17, 15) is 4.79 Å². The van der Waals surface area contributed by atoms with Crippen LogP contribution >= 0.6 is 0 Å². The summed E-state index contributed by atoms with van der Waals surface area (Å²) in [6.07, 6.45) is 0. The number of nitrogens with one attached hydrogen (secondary N) is 1. The first-order valence-corrected chi connectivity index (χ1v) is 7.66. The minimum Gasteiger partial charge on any atom is -0.489 e. The van der Waals surface area contributed by atoms with Crippen LogP contribution in [0.2, 0.25) is 0 Å². The molecule has 124 valence electrons. The maximum atomic E-state index is 12.3. The van der Waals surface area contributed by atoms with Crippen LogP contribution in [-0.2, 0) is 6.54 Å². The quantitative estimate of drug-likeness (QED) is 0.828. The van der Waals surface area contributed by atoms with Crippen LogP contribution in [-0.4, -0.2) is 19.3 Å². The van der Waals surface area contributed by atoms with E-state index in [4.69, 9.17) is 14.2 Å². The topological polar surface area (TPSA) is 56.8 Å². The van der Waals surface area contributed by atoms with E-state index in [2.05, 4.69) is 11.9 Å². The predicted octanol–water partition coefficient (Wildman–Crippen LogP) is 3.30. The molecule has 1 amide bonds. The van der Waals surface area contributed by atoms with Crippen LogP contribution in [0.15, 0.2) is 54.6 Å². The van der Waals surface area contributed by atoms with Crippen molar-refractivity contribution in [3.8, 4) is 17.2 Å². The molecule has 1 aliphatic rings. The molecular formula is C19H19NO4. The first kappa shape index (κ1) is 15.9. The van der Waals surface area contributed by atoms with Gasteiger partial charge in [-0.05, 0) is 48.4 Å². The zero-order valence-corrected chi connectivity index (χ0v) is 13.5. The number of carbonyl (C=O) groups is 1. The van der Waals surface area contributed by atoms with Gasteiger partial charge >= 0.3 is 0 Å². The molecule has 0 fully saturated rings. The highest BCUT2D eigenvalue weighted by atomic mass is 16.7. The Morgan fingerprint density at radius 2 is 2.04 bits per heavy atom. The molecule has 3 rings (SSSR count). The Labute approximate surface area is 140 Å². The van der Waals surface area contributed by atoms with Gasteiger partial charge in [-0.25, -0.2) is 0 Å². The van der Waals surface area contributed by atoms with Gasteiger partial charge in [-0.2, -0.15) is 0 Å². The Hall–Kier alpha value is -2.95. The average molecular weight is 325 g/mol.